The van der Waals surface area contributed by atoms with Crippen LogP contribution in [0.2, 0.25) is 0 Å². The van der Waals surface area contributed by atoms with Gasteiger partial charge in [-0.3, -0.25) is 4.90 Å². The molecule has 8 heteroatoms. The predicted octanol–water partition coefficient (Wildman–Crippen LogP) is 3.45. The largest absolute Gasteiger partial charge is 0.484 e. The van der Waals surface area contributed by atoms with Gasteiger partial charge in [0.2, 0.25) is 5.88 Å². The summed E-state index contributed by atoms with van der Waals surface area (Å²) in [6.07, 6.45) is 1.95. The topological polar surface area (TPSA) is 65.9 Å². The van der Waals surface area contributed by atoms with E-state index in [4.69, 9.17) is 18.9 Å². The summed E-state index contributed by atoms with van der Waals surface area (Å²) in [5, 5.41) is 0. The molecule has 2 aromatic rings. The van der Waals surface area contributed by atoms with E-state index in [0.29, 0.717) is 43.0 Å². The summed E-state index contributed by atoms with van der Waals surface area (Å²) in [6.45, 7) is 6.94. The minimum Gasteiger partial charge on any atom is -0.484 e. The molecule has 1 atom stereocenters. The maximum atomic E-state index is 14.6. The van der Waals surface area contributed by atoms with E-state index in [1.54, 1.807) is 7.11 Å². The van der Waals surface area contributed by atoms with Crippen molar-refractivity contribution in [2.75, 3.05) is 33.4 Å². The molecular weight excluding hydrogens is 389 g/mol. The third-order valence-electron chi connectivity index (χ3n) is 5.62. The standard InChI is InChI=1S/C22H28FN3O4/c1-14-10-16(11-20(24-14)27-3)13-30-17-4-6-26(7-5-17)15(2)21-18(23)12-19-22(25-21)29-9-8-28-19/h10-12,15,17H,4-9,13H2,1-3H3. The van der Waals surface area contributed by atoms with Gasteiger partial charge in [-0.25, -0.2) is 14.4 Å². The molecule has 2 aliphatic rings. The molecule has 1 fully saturated rings. The van der Waals surface area contributed by atoms with E-state index < -0.39 is 0 Å². The molecule has 0 amide bonds. The Balaban J connectivity index is 1.33. The first-order valence-corrected chi connectivity index (χ1v) is 10.4. The number of likely N-dealkylation sites (tertiary alicyclic amines) is 1. The smallest absolute Gasteiger partial charge is 0.257 e. The molecule has 0 saturated carbocycles. The molecule has 0 aliphatic carbocycles. The molecular formula is C22H28FN3O4. The molecule has 0 bridgehead atoms. The van der Waals surface area contributed by atoms with Gasteiger partial charge in [-0.05, 0) is 38.3 Å². The number of pyridine rings is 2. The van der Waals surface area contributed by atoms with Crippen LogP contribution in [0.1, 0.15) is 42.8 Å². The summed E-state index contributed by atoms with van der Waals surface area (Å²) in [4.78, 5) is 10.9. The summed E-state index contributed by atoms with van der Waals surface area (Å²) in [6, 6.07) is 5.15. The fourth-order valence-electron chi connectivity index (χ4n) is 3.97. The maximum Gasteiger partial charge on any atom is 0.257 e. The molecule has 0 aromatic carbocycles. The lowest BCUT2D eigenvalue weighted by Gasteiger charge is -2.36. The van der Waals surface area contributed by atoms with Crippen molar-refractivity contribution in [2.45, 2.75) is 45.4 Å². The van der Waals surface area contributed by atoms with E-state index in [0.717, 1.165) is 37.2 Å². The van der Waals surface area contributed by atoms with Crippen molar-refractivity contribution in [3.63, 3.8) is 0 Å². The van der Waals surface area contributed by atoms with Crippen LogP contribution in [0.3, 0.4) is 0 Å². The van der Waals surface area contributed by atoms with Crippen LogP contribution in [0.25, 0.3) is 0 Å². The number of aryl methyl sites for hydroxylation is 1. The van der Waals surface area contributed by atoms with Crippen LogP contribution in [0, 0.1) is 12.7 Å². The van der Waals surface area contributed by atoms with Crippen LogP contribution < -0.4 is 14.2 Å². The van der Waals surface area contributed by atoms with Crippen LogP contribution >= 0.6 is 0 Å². The Morgan fingerprint density at radius 2 is 1.93 bits per heavy atom. The summed E-state index contributed by atoms with van der Waals surface area (Å²) < 4.78 is 36.9. The van der Waals surface area contributed by atoms with Crippen molar-refractivity contribution in [1.82, 2.24) is 14.9 Å². The van der Waals surface area contributed by atoms with Crippen LogP contribution in [0.5, 0.6) is 17.5 Å². The maximum absolute atomic E-state index is 14.6. The number of aromatic nitrogens is 2. The molecule has 7 nitrogen and oxygen atoms in total. The summed E-state index contributed by atoms with van der Waals surface area (Å²) >= 11 is 0. The van der Waals surface area contributed by atoms with Crippen molar-refractivity contribution < 1.29 is 23.3 Å². The highest BCUT2D eigenvalue weighted by Gasteiger charge is 2.28. The highest BCUT2D eigenvalue weighted by atomic mass is 19.1. The van der Waals surface area contributed by atoms with Crippen LogP contribution in [-0.4, -0.2) is 54.4 Å². The zero-order valence-corrected chi connectivity index (χ0v) is 17.7. The van der Waals surface area contributed by atoms with Gasteiger partial charge in [0.1, 0.15) is 19.0 Å². The summed E-state index contributed by atoms with van der Waals surface area (Å²) in [7, 11) is 1.61. The lowest BCUT2D eigenvalue weighted by atomic mass is 10.0. The number of ether oxygens (including phenoxy) is 4. The highest BCUT2D eigenvalue weighted by molar-refractivity contribution is 5.37. The Morgan fingerprint density at radius 3 is 2.70 bits per heavy atom. The van der Waals surface area contributed by atoms with Crippen molar-refractivity contribution >= 4 is 0 Å². The molecule has 2 aromatic heterocycles. The Morgan fingerprint density at radius 1 is 1.17 bits per heavy atom. The molecule has 4 heterocycles. The average Bonchev–Trinajstić information content (AvgIpc) is 2.76. The number of rotatable bonds is 6. The highest BCUT2D eigenvalue weighted by Crippen LogP contribution is 2.34. The van der Waals surface area contributed by atoms with Gasteiger partial charge in [-0.15, -0.1) is 0 Å². The van der Waals surface area contributed by atoms with E-state index in [9.17, 15) is 4.39 Å². The van der Waals surface area contributed by atoms with Gasteiger partial charge in [-0.2, -0.15) is 0 Å². The second kappa shape index (κ2) is 9.14. The first-order chi connectivity index (χ1) is 14.5. The lowest BCUT2D eigenvalue weighted by Crippen LogP contribution is -2.39. The number of hydrogen-bond donors (Lipinski definition) is 0. The van der Waals surface area contributed by atoms with E-state index in [1.807, 2.05) is 26.0 Å². The fraction of sp³-hybridized carbons (Fsp3) is 0.545. The number of nitrogens with zero attached hydrogens (tertiary/aromatic N) is 3. The van der Waals surface area contributed by atoms with Crippen molar-refractivity contribution in [2.24, 2.45) is 0 Å². The van der Waals surface area contributed by atoms with Gasteiger partial charge in [0.25, 0.3) is 5.88 Å². The molecule has 0 radical (unpaired) electrons. The molecule has 0 spiro atoms. The van der Waals surface area contributed by atoms with E-state index in [-0.39, 0.29) is 18.0 Å². The average molecular weight is 417 g/mol. The lowest BCUT2D eigenvalue weighted by molar-refractivity contribution is -0.0106. The monoisotopic (exact) mass is 417 g/mol. The molecule has 0 N–H and O–H groups in total. The summed E-state index contributed by atoms with van der Waals surface area (Å²) in [5.74, 6) is 1.01. The van der Waals surface area contributed by atoms with Crippen molar-refractivity contribution in [1.29, 1.82) is 0 Å². The van der Waals surface area contributed by atoms with Crippen molar-refractivity contribution in [3.05, 3.63) is 41.0 Å². The molecule has 1 saturated heterocycles. The minimum atomic E-state index is -0.355. The van der Waals surface area contributed by atoms with Gasteiger partial charge in [0.05, 0.1) is 31.6 Å². The fourth-order valence-corrected chi connectivity index (χ4v) is 3.97. The Kier molecular flexibility index (Phi) is 6.34. The number of fused-ring (bicyclic) bond motifs is 1. The van der Waals surface area contributed by atoms with E-state index >= 15 is 0 Å². The van der Waals surface area contributed by atoms with Gasteiger partial charge in [-0.1, -0.05) is 0 Å². The van der Waals surface area contributed by atoms with Crippen molar-refractivity contribution in [3.8, 4) is 17.5 Å². The van der Waals surface area contributed by atoms with Crippen LogP contribution in [-0.2, 0) is 11.3 Å². The predicted molar refractivity (Wildman–Crippen MR) is 109 cm³/mol. The Hall–Kier alpha value is -2.45. The molecule has 162 valence electrons. The molecule has 4 rings (SSSR count). The Labute approximate surface area is 176 Å². The number of halogens is 1. The first kappa shape index (κ1) is 20.8. The number of methoxy groups -OCH3 is 1. The Bertz CT molecular complexity index is 887. The van der Waals surface area contributed by atoms with Gasteiger partial charge in [0.15, 0.2) is 5.75 Å². The number of piperidine rings is 1. The second-order valence-corrected chi connectivity index (χ2v) is 7.74. The first-order valence-electron chi connectivity index (χ1n) is 10.4. The third kappa shape index (κ3) is 4.65. The SMILES string of the molecule is COc1cc(COC2CCN(C(C)c3nc4c(cc3F)OCCO4)CC2)cc(C)n1. The van der Waals surface area contributed by atoms with Crippen LogP contribution in [0.4, 0.5) is 4.39 Å². The van der Waals surface area contributed by atoms with E-state index in [2.05, 4.69) is 14.9 Å². The zero-order chi connectivity index (χ0) is 21.1. The second-order valence-electron chi connectivity index (χ2n) is 7.74. The molecule has 30 heavy (non-hydrogen) atoms. The van der Waals surface area contributed by atoms with Gasteiger partial charge < -0.3 is 18.9 Å². The minimum absolute atomic E-state index is 0.145. The quantitative estimate of drug-likeness (QED) is 0.713. The molecule has 1 unspecified atom stereocenters. The van der Waals surface area contributed by atoms with E-state index in [1.165, 1.54) is 6.07 Å². The zero-order valence-electron chi connectivity index (χ0n) is 17.7. The van der Waals surface area contributed by atoms with Gasteiger partial charge in [0, 0.05) is 30.9 Å². The number of hydrogen-bond acceptors (Lipinski definition) is 7. The molecule has 2 aliphatic heterocycles. The third-order valence-corrected chi connectivity index (χ3v) is 5.62. The normalized spacial score (nSPS) is 18.3. The van der Waals surface area contributed by atoms with Crippen LogP contribution in [0.15, 0.2) is 18.2 Å². The van der Waals surface area contributed by atoms with Gasteiger partial charge >= 0.3 is 0 Å². The summed E-state index contributed by atoms with van der Waals surface area (Å²) in [5.41, 5.74) is 2.36.